The fourth-order valence-corrected chi connectivity index (χ4v) is 1.75. The molecule has 0 aliphatic carbocycles. The topological polar surface area (TPSA) is 63.6 Å². The van der Waals surface area contributed by atoms with E-state index in [2.05, 4.69) is 25.3 Å². The van der Waals surface area contributed by atoms with Crippen LogP contribution in [0, 0.1) is 6.92 Å². The molecule has 0 aliphatic heterocycles. The monoisotopic (exact) mass is 335 g/mol. The Morgan fingerprint density at radius 1 is 0.818 bits per heavy atom. The highest BCUT2D eigenvalue weighted by atomic mass is 35.5. The predicted molar refractivity (Wildman–Crippen MR) is 92.0 cm³/mol. The smallest absolute Gasteiger partial charge is 0.132 e. The number of aromatic nitrogens is 4. The zero-order valence-corrected chi connectivity index (χ0v) is 13.4. The zero-order valence-electron chi connectivity index (χ0n) is 11.8. The molecule has 7 heteroatoms. The largest absolute Gasteiger partial charge is 0.325 e. The average molecular weight is 336 g/mol. The Morgan fingerprint density at radius 2 is 1.68 bits per heavy atom. The molecular formula is C15H15Cl2N5. The maximum Gasteiger partial charge on any atom is 0.132 e. The van der Waals surface area contributed by atoms with Crippen molar-refractivity contribution in [2.75, 3.05) is 5.32 Å². The van der Waals surface area contributed by atoms with Crippen LogP contribution >= 0.6 is 24.8 Å². The second-order valence-electron chi connectivity index (χ2n) is 4.34. The minimum Gasteiger partial charge on any atom is -0.325 e. The van der Waals surface area contributed by atoms with Crippen molar-refractivity contribution >= 4 is 36.4 Å². The van der Waals surface area contributed by atoms with Gasteiger partial charge in [-0.2, -0.15) is 0 Å². The highest BCUT2D eigenvalue weighted by Gasteiger charge is 2.03. The van der Waals surface area contributed by atoms with Gasteiger partial charge in [0.25, 0.3) is 0 Å². The van der Waals surface area contributed by atoms with Crippen LogP contribution in [0.4, 0.5) is 11.6 Å². The number of hydrogen-bond acceptors (Lipinski definition) is 5. The molecule has 0 saturated heterocycles. The lowest BCUT2D eigenvalue weighted by atomic mass is 10.3. The summed E-state index contributed by atoms with van der Waals surface area (Å²) in [5, 5.41) is 3.17. The fraction of sp³-hybridized carbons (Fsp3) is 0.0667. The molecule has 22 heavy (non-hydrogen) atoms. The summed E-state index contributed by atoms with van der Waals surface area (Å²) in [6.45, 7) is 2.00. The van der Waals surface area contributed by atoms with E-state index in [0.717, 1.165) is 28.6 Å². The summed E-state index contributed by atoms with van der Waals surface area (Å²) in [6, 6.07) is 9.64. The number of nitrogens with one attached hydrogen (secondary N) is 1. The highest BCUT2D eigenvalue weighted by Crippen LogP contribution is 2.17. The molecule has 3 heterocycles. The van der Waals surface area contributed by atoms with Crippen molar-refractivity contribution in [1.82, 2.24) is 19.9 Å². The maximum absolute atomic E-state index is 4.51. The van der Waals surface area contributed by atoms with Crippen molar-refractivity contribution in [3.63, 3.8) is 0 Å². The summed E-state index contributed by atoms with van der Waals surface area (Å²) in [5.41, 5.74) is 2.64. The molecule has 3 rings (SSSR count). The van der Waals surface area contributed by atoms with Gasteiger partial charge in [0.1, 0.15) is 17.3 Å². The Bertz CT molecular complexity index is 705. The quantitative estimate of drug-likeness (QED) is 0.787. The molecule has 5 nitrogen and oxygen atoms in total. The normalized spacial score (nSPS) is 9.32. The Balaban J connectivity index is 0.00000121. The lowest BCUT2D eigenvalue weighted by Gasteiger charge is -2.06. The number of hydrogen-bond donors (Lipinski definition) is 1. The van der Waals surface area contributed by atoms with Crippen LogP contribution in [0.5, 0.6) is 0 Å². The SMILES string of the molecule is Cc1ccc(Nc2cccc(-c3cnccn3)n2)nc1.Cl.Cl. The van der Waals surface area contributed by atoms with E-state index in [0.29, 0.717) is 0 Å². The number of pyridine rings is 2. The molecule has 0 fully saturated rings. The Kier molecular flexibility index (Phi) is 6.69. The number of anilines is 2. The summed E-state index contributed by atoms with van der Waals surface area (Å²) in [4.78, 5) is 17.1. The molecular weight excluding hydrogens is 321 g/mol. The molecule has 0 radical (unpaired) electrons. The second kappa shape index (κ2) is 8.26. The third-order valence-electron chi connectivity index (χ3n) is 2.74. The van der Waals surface area contributed by atoms with E-state index in [4.69, 9.17) is 0 Å². The zero-order chi connectivity index (χ0) is 13.8. The first-order valence-corrected chi connectivity index (χ1v) is 6.24. The van der Waals surface area contributed by atoms with Gasteiger partial charge in [-0.25, -0.2) is 9.97 Å². The van der Waals surface area contributed by atoms with E-state index in [-0.39, 0.29) is 24.8 Å². The van der Waals surface area contributed by atoms with Gasteiger partial charge in [-0.15, -0.1) is 24.8 Å². The molecule has 0 spiro atoms. The van der Waals surface area contributed by atoms with Crippen LogP contribution < -0.4 is 5.32 Å². The lowest BCUT2D eigenvalue weighted by molar-refractivity contribution is 1.17. The molecule has 3 aromatic heterocycles. The van der Waals surface area contributed by atoms with Crippen LogP contribution in [-0.2, 0) is 0 Å². The highest BCUT2D eigenvalue weighted by molar-refractivity contribution is 5.85. The molecule has 114 valence electrons. The first-order chi connectivity index (χ1) is 9.81. The van der Waals surface area contributed by atoms with Crippen molar-refractivity contribution < 1.29 is 0 Å². The number of aryl methyl sites for hydroxylation is 1. The minimum absolute atomic E-state index is 0. The van der Waals surface area contributed by atoms with Gasteiger partial charge < -0.3 is 5.32 Å². The number of nitrogens with zero attached hydrogens (tertiary/aromatic N) is 4. The van der Waals surface area contributed by atoms with Gasteiger partial charge in [0.2, 0.25) is 0 Å². The van der Waals surface area contributed by atoms with Crippen LogP contribution in [0.15, 0.2) is 55.1 Å². The van der Waals surface area contributed by atoms with E-state index in [1.165, 1.54) is 0 Å². The van der Waals surface area contributed by atoms with Crippen molar-refractivity contribution in [2.24, 2.45) is 0 Å². The predicted octanol–water partition coefficient (Wildman–Crippen LogP) is 3.83. The molecule has 0 amide bonds. The molecule has 3 aromatic rings. The van der Waals surface area contributed by atoms with Crippen LogP contribution in [-0.4, -0.2) is 19.9 Å². The summed E-state index contributed by atoms with van der Waals surface area (Å²) < 4.78 is 0. The van der Waals surface area contributed by atoms with Crippen molar-refractivity contribution in [1.29, 1.82) is 0 Å². The minimum atomic E-state index is 0. The Morgan fingerprint density at radius 3 is 2.36 bits per heavy atom. The van der Waals surface area contributed by atoms with Gasteiger partial charge in [0, 0.05) is 18.6 Å². The molecule has 0 bridgehead atoms. The van der Waals surface area contributed by atoms with Crippen LogP contribution in [0.3, 0.4) is 0 Å². The number of rotatable bonds is 3. The van der Waals surface area contributed by atoms with Gasteiger partial charge in [0.15, 0.2) is 0 Å². The van der Waals surface area contributed by atoms with Crippen molar-refractivity contribution in [3.05, 3.63) is 60.7 Å². The van der Waals surface area contributed by atoms with Crippen LogP contribution in [0.25, 0.3) is 11.4 Å². The second-order valence-corrected chi connectivity index (χ2v) is 4.34. The van der Waals surface area contributed by atoms with Crippen LogP contribution in [0.1, 0.15) is 5.56 Å². The van der Waals surface area contributed by atoms with Crippen molar-refractivity contribution in [3.8, 4) is 11.4 Å². The third-order valence-corrected chi connectivity index (χ3v) is 2.74. The maximum atomic E-state index is 4.51. The first kappa shape index (κ1) is 17.8. The lowest BCUT2D eigenvalue weighted by Crippen LogP contribution is -1.97. The van der Waals surface area contributed by atoms with E-state index in [1.807, 2.05) is 43.5 Å². The summed E-state index contributed by atoms with van der Waals surface area (Å²) in [5.74, 6) is 1.49. The Labute approximate surface area is 141 Å². The summed E-state index contributed by atoms with van der Waals surface area (Å²) in [7, 11) is 0. The first-order valence-electron chi connectivity index (χ1n) is 6.24. The Hall–Kier alpha value is -2.24. The molecule has 0 unspecified atom stereocenters. The van der Waals surface area contributed by atoms with Gasteiger partial charge in [-0.05, 0) is 30.7 Å². The molecule has 0 atom stereocenters. The number of halogens is 2. The van der Waals surface area contributed by atoms with Crippen molar-refractivity contribution in [2.45, 2.75) is 6.92 Å². The standard InChI is InChI=1S/C15H13N5.2ClH/c1-11-5-6-14(18-9-11)20-15-4-2-3-12(19-15)13-10-16-7-8-17-13;;/h2-10H,1H3,(H,18,19,20);2*1H. The van der Waals surface area contributed by atoms with Gasteiger partial charge in [-0.3, -0.25) is 9.97 Å². The fourth-order valence-electron chi connectivity index (χ4n) is 1.75. The molecule has 0 aromatic carbocycles. The average Bonchev–Trinajstić information content (AvgIpc) is 2.51. The van der Waals surface area contributed by atoms with E-state index < -0.39 is 0 Å². The van der Waals surface area contributed by atoms with Gasteiger partial charge in [-0.1, -0.05) is 12.1 Å². The van der Waals surface area contributed by atoms with Gasteiger partial charge >= 0.3 is 0 Å². The van der Waals surface area contributed by atoms with Gasteiger partial charge in [0.05, 0.1) is 11.9 Å². The summed E-state index contributed by atoms with van der Waals surface area (Å²) in [6.07, 6.45) is 6.80. The summed E-state index contributed by atoms with van der Waals surface area (Å²) >= 11 is 0. The van der Waals surface area contributed by atoms with E-state index in [9.17, 15) is 0 Å². The molecule has 0 saturated carbocycles. The van der Waals surface area contributed by atoms with E-state index in [1.54, 1.807) is 18.6 Å². The molecule has 1 N–H and O–H groups in total. The van der Waals surface area contributed by atoms with Crippen LogP contribution in [0.2, 0.25) is 0 Å². The molecule has 0 aliphatic rings. The third kappa shape index (κ3) is 4.38. The van der Waals surface area contributed by atoms with E-state index >= 15 is 0 Å².